The Balaban J connectivity index is 0.00000225. The van der Waals surface area contributed by atoms with Crippen LogP contribution in [0.15, 0.2) is 29.3 Å². The third kappa shape index (κ3) is 5.76. The maximum atomic E-state index is 6.18. The first-order valence-electron chi connectivity index (χ1n) is 9.14. The molecule has 0 aromatic heterocycles. The minimum Gasteiger partial charge on any atom is -0.370 e. The smallest absolute Gasteiger partial charge is 0.193 e. The number of aryl methyl sites for hydroxylation is 1. The molecule has 0 atom stereocenters. The van der Waals surface area contributed by atoms with Gasteiger partial charge < -0.3 is 11.1 Å². The molecule has 1 saturated carbocycles. The van der Waals surface area contributed by atoms with E-state index in [0.717, 1.165) is 12.2 Å². The van der Waals surface area contributed by atoms with E-state index in [-0.39, 0.29) is 29.5 Å². The number of halogens is 1. The van der Waals surface area contributed by atoms with Crippen LogP contribution in [0.5, 0.6) is 0 Å². The highest BCUT2D eigenvalue weighted by Gasteiger charge is 2.38. The number of hydrogen-bond donors (Lipinski definition) is 2. The fourth-order valence-electron chi connectivity index (χ4n) is 3.96. The van der Waals surface area contributed by atoms with Crippen LogP contribution in [0, 0.1) is 6.92 Å². The van der Waals surface area contributed by atoms with E-state index in [4.69, 9.17) is 10.7 Å². The molecule has 2 aliphatic rings. The van der Waals surface area contributed by atoms with E-state index in [1.54, 1.807) is 0 Å². The van der Waals surface area contributed by atoms with Crippen molar-refractivity contribution in [2.75, 3.05) is 36.5 Å². The summed E-state index contributed by atoms with van der Waals surface area (Å²) in [6, 6.07) is 8.26. The van der Waals surface area contributed by atoms with E-state index in [9.17, 15) is 0 Å². The molecule has 1 aromatic carbocycles. The van der Waals surface area contributed by atoms with Crippen LogP contribution >= 0.6 is 35.7 Å². The molecule has 1 aliphatic carbocycles. The topological polar surface area (TPSA) is 53.6 Å². The summed E-state index contributed by atoms with van der Waals surface area (Å²) in [6.07, 6.45) is 6.54. The molecule has 25 heavy (non-hydrogen) atoms. The average Bonchev–Trinajstić information content (AvgIpc) is 2.62. The monoisotopic (exact) mass is 474 g/mol. The van der Waals surface area contributed by atoms with E-state index in [1.807, 2.05) is 12.1 Å². The molecule has 6 heteroatoms. The van der Waals surface area contributed by atoms with E-state index in [0.29, 0.717) is 5.96 Å². The Kier molecular flexibility index (Phi) is 8.35. The lowest BCUT2D eigenvalue weighted by Crippen LogP contribution is -2.55. The molecule has 0 unspecified atom stereocenters. The van der Waals surface area contributed by atoms with Gasteiger partial charge in [0.15, 0.2) is 5.96 Å². The SMILES string of the molecule is Cc1cccc(NC(N)=NCC2(N3CCSCC3)CCCCC2)c1.I. The number of aliphatic imine (C=N–C) groups is 1. The van der Waals surface area contributed by atoms with Crippen LogP contribution in [0.1, 0.15) is 37.7 Å². The van der Waals surface area contributed by atoms with E-state index in [1.165, 1.54) is 62.3 Å². The Morgan fingerprint density at radius 1 is 1.24 bits per heavy atom. The molecule has 0 radical (unpaired) electrons. The summed E-state index contributed by atoms with van der Waals surface area (Å²) in [6.45, 7) is 5.31. The van der Waals surface area contributed by atoms with Gasteiger partial charge >= 0.3 is 0 Å². The second-order valence-electron chi connectivity index (χ2n) is 7.08. The number of hydrogen-bond acceptors (Lipinski definition) is 3. The average molecular weight is 474 g/mol. The van der Waals surface area contributed by atoms with Crippen LogP contribution in [-0.4, -0.2) is 47.5 Å². The normalized spacial score (nSPS) is 21.4. The number of nitrogens with two attached hydrogens (primary N) is 1. The second-order valence-corrected chi connectivity index (χ2v) is 8.31. The summed E-state index contributed by atoms with van der Waals surface area (Å²) in [5.41, 5.74) is 8.65. The largest absolute Gasteiger partial charge is 0.370 e. The van der Waals surface area contributed by atoms with E-state index >= 15 is 0 Å². The van der Waals surface area contributed by atoms with Gasteiger partial charge in [-0.1, -0.05) is 31.4 Å². The molecule has 4 nitrogen and oxygen atoms in total. The number of nitrogens with one attached hydrogen (secondary N) is 1. The van der Waals surface area contributed by atoms with Gasteiger partial charge in [0.1, 0.15) is 0 Å². The number of nitrogens with zero attached hydrogens (tertiary/aromatic N) is 2. The first-order valence-corrected chi connectivity index (χ1v) is 10.3. The molecule has 1 saturated heterocycles. The lowest BCUT2D eigenvalue weighted by atomic mass is 9.80. The molecule has 1 aliphatic heterocycles. The Hall–Kier alpha value is -0.470. The Labute approximate surface area is 173 Å². The molecule has 0 spiro atoms. The fraction of sp³-hybridized carbons (Fsp3) is 0.632. The van der Waals surface area contributed by atoms with Crippen molar-refractivity contribution in [3.8, 4) is 0 Å². The van der Waals surface area contributed by atoms with E-state index in [2.05, 4.69) is 41.0 Å². The molecule has 1 aromatic rings. The molecule has 3 N–H and O–H groups in total. The van der Waals surface area contributed by atoms with Crippen LogP contribution in [-0.2, 0) is 0 Å². The highest BCUT2D eigenvalue weighted by Crippen LogP contribution is 2.35. The van der Waals surface area contributed by atoms with Gasteiger partial charge in [0, 0.05) is 35.8 Å². The standard InChI is InChI=1S/C19H30N4S.HI/c1-16-6-5-7-17(14-16)22-18(20)21-15-19(8-3-2-4-9-19)23-10-12-24-13-11-23;/h5-7,14H,2-4,8-13,15H2,1H3,(H3,20,21,22);1H. The number of benzene rings is 1. The highest BCUT2D eigenvalue weighted by molar-refractivity contribution is 14.0. The zero-order chi connectivity index (χ0) is 16.8. The van der Waals surface area contributed by atoms with E-state index < -0.39 is 0 Å². The number of anilines is 1. The Morgan fingerprint density at radius 3 is 2.64 bits per heavy atom. The Bertz CT molecular complexity index is 566. The summed E-state index contributed by atoms with van der Waals surface area (Å²) < 4.78 is 0. The van der Waals surface area contributed by atoms with Crippen LogP contribution < -0.4 is 11.1 Å². The predicted molar refractivity (Wildman–Crippen MR) is 121 cm³/mol. The quantitative estimate of drug-likeness (QED) is 0.392. The number of thioether (sulfide) groups is 1. The third-order valence-corrected chi connectivity index (χ3v) is 6.24. The predicted octanol–water partition coefficient (Wildman–Crippen LogP) is 4.09. The fourth-order valence-corrected chi connectivity index (χ4v) is 4.87. The molecule has 2 fully saturated rings. The van der Waals surface area contributed by atoms with Crippen molar-refractivity contribution in [1.29, 1.82) is 0 Å². The van der Waals surface area contributed by atoms with Gasteiger partial charge in [-0.25, -0.2) is 0 Å². The van der Waals surface area contributed by atoms with Crippen molar-refractivity contribution in [3.05, 3.63) is 29.8 Å². The zero-order valence-corrected chi connectivity index (χ0v) is 18.3. The van der Waals surface area contributed by atoms with Crippen molar-refractivity contribution in [1.82, 2.24) is 4.90 Å². The van der Waals surface area contributed by atoms with Crippen molar-refractivity contribution in [2.24, 2.45) is 10.7 Å². The maximum Gasteiger partial charge on any atom is 0.193 e. The molecular formula is C19H31IN4S. The van der Waals surface area contributed by atoms with Crippen LogP contribution in [0.4, 0.5) is 5.69 Å². The summed E-state index contributed by atoms with van der Waals surface area (Å²) in [5, 5.41) is 3.25. The number of guanidine groups is 1. The van der Waals surface area contributed by atoms with Crippen LogP contribution in [0.3, 0.4) is 0 Å². The Morgan fingerprint density at radius 2 is 1.96 bits per heavy atom. The summed E-state index contributed by atoms with van der Waals surface area (Å²) in [4.78, 5) is 7.46. The van der Waals surface area contributed by atoms with Crippen molar-refractivity contribution in [3.63, 3.8) is 0 Å². The lowest BCUT2D eigenvalue weighted by molar-refractivity contribution is 0.0673. The van der Waals surface area contributed by atoms with Gasteiger partial charge in [0.2, 0.25) is 0 Å². The summed E-state index contributed by atoms with van der Waals surface area (Å²) >= 11 is 2.07. The molecule has 140 valence electrons. The molecule has 0 amide bonds. The van der Waals surface area contributed by atoms with Gasteiger partial charge in [-0.3, -0.25) is 9.89 Å². The molecular weight excluding hydrogens is 443 g/mol. The first-order chi connectivity index (χ1) is 11.7. The van der Waals surface area contributed by atoms with Gasteiger partial charge in [-0.2, -0.15) is 11.8 Å². The van der Waals surface area contributed by atoms with Crippen molar-refractivity contribution < 1.29 is 0 Å². The van der Waals surface area contributed by atoms with Gasteiger partial charge in [-0.05, 0) is 37.5 Å². The van der Waals surface area contributed by atoms with Crippen molar-refractivity contribution >= 4 is 47.4 Å². The zero-order valence-electron chi connectivity index (χ0n) is 15.2. The second kappa shape index (κ2) is 10.0. The van der Waals surface area contributed by atoms with Gasteiger partial charge in [0.25, 0.3) is 0 Å². The minimum absolute atomic E-state index is 0. The summed E-state index contributed by atoms with van der Waals surface area (Å²) in [7, 11) is 0. The molecule has 3 rings (SSSR count). The number of rotatable bonds is 4. The first kappa shape index (κ1) is 20.8. The maximum absolute atomic E-state index is 6.18. The van der Waals surface area contributed by atoms with Crippen LogP contribution in [0.25, 0.3) is 0 Å². The molecule has 1 heterocycles. The van der Waals surface area contributed by atoms with Gasteiger partial charge in [-0.15, -0.1) is 24.0 Å². The summed E-state index contributed by atoms with van der Waals surface area (Å²) in [5.74, 6) is 3.04. The minimum atomic E-state index is 0. The molecule has 0 bridgehead atoms. The third-order valence-electron chi connectivity index (χ3n) is 5.30. The van der Waals surface area contributed by atoms with Crippen molar-refractivity contribution in [2.45, 2.75) is 44.6 Å². The van der Waals surface area contributed by atoms with Gasteiger partial charge in [0.05, 0.1) is 6.54 Å². The highest BCUT2D eigenvalue weighted by atomic mass is 127. The lowest BCUT2D eigenvalue weighted by Gasteiger charge is -2.47. The van der Waals surface area contributed by atoms with Crippen LogP contribution in [0.2, 0.25) is 0 Å².